The Balaban J connectivity index is 3.03. The molecular formula is C10H11ClN2O3. The molecule has 0 heterocycles. The van der Waals surface area contributed by atoms with Crippen LogP contribution in [0, 0.1) is 0 Å². The number of hydrogen-bond acceptors (Lipinski definition) is 3. The van der Waals surface area contributed by atoms with Gasteiger partial charge >= 0.3 is 12.1 Å². The molecule has 16 heavy (non-hydrogen) atoms. The summed E-state index contributed by atoms with van der Waals surface area (Å²) in [5, 5.41) is 0.396. The predicted octanol–water partition coefficient (Wildman–Crippen LogP) is 2.38. The van der Waals surface area contributed by atoms with Gasteiger partial charge in [-0.1, -0.05) is 17.7 Å². The lowest BCUT2D eigenvalue weighted by molar-refractivity contribution is 0.160. The molecule has 5 nitrogen and oxygen atoms in total. The first-order chi connectivity index (χ1) is 7.56. The Labute approximate surface area is 97.7 Å². The van der Waals surface area contributed by atoms with Crippen LogP contribution in [0.1, 0.15) is 6.92 Å². The van der Waals surface area contributed by atoms with Crippen LogP contribution in [0.5, 0.6) is 0 Å². The maximum absolute atomic E-state index is 11.5. The summed E-state index contributed by atoms with van der Waals surface area (Å²) >= 11 is 5.74. The molecule has 0 saturated heterocycles. The molecule has 0 unspecified atom stereocenters. The number of carbonyl (C=O) groups excluding carboxylic acids is 2. The fraction of sp³-hybridized carbons (Fsp3) is 0.200. The van der Waals surface area contributed by atoms with Gasteiger partial charge in [-0.05, 0) is 25.1 Å². The lowest BCUT2D eigenvalue weighted by Gasteiger charge is -2.17. The predicted molar refractivity (Wildman–Crippen MR) is 60.5 cm³/mol. The van der Waals surface area contributed by atoms with Crippen LogP contribution in [0.15, 0.2) is 24.3 Å². The highest BCUT2D eigenvalue weighted by atomic mass is 35.5. The Bertz CT molecular complexity index is 409. The standard InChI is InChI=1S/C10H11ClN2O3/c1-2-16-10(15)13(9(12)14)8-5-3-4-7(11)6-8/h3-6H,2H2,1H3,(H2,12,14). The van der Waals surface area contributed by atoms with Crippen LogP contribution in [-0.2, 0) is 4.74 Å². The zero-order valence-corrected chi connectivity index (χ0v) is 9.40. The number of primary amides is 1. The molecule has 0 aliphatic heterocycles. The molecule has 0 radical (unpaired) electrons. The third-order valence-corrected chi connectivity index (χ3v) is 1.97. The summed E-state index contributed by atoms with van der Waals surface area (Å²) < 4.78 is 4.70. The Morgan fingerprint density at radius 3 is 2.69 bits per heavy atom. The van der Waals surface area contributed by atoms with E-state index < -0.39 is 12.1 Å². The summed E-state index contributed by atoms with van der Waals surface area (Å²) in [7, 11) is 0. The molecule has 6 heteroatoms. The third kappa shape index (κ3) is 2.87. The second-order valence-corrected chi connectivity index (χ2v) is 3.29. The van der Waals surface area contributed by atoms with Crippen molar-refractivity contribution in [2.24, 2.45) is 5.73 Å². The number of carbonyl (C=O) groups is 2. The average Bonchev–Trinajstić information content (AvgIpc) is 2.17. The van der Waals surface area contributed by atoms with Crippen LogP contribution >= 0.6 is 11.6 Å². The molecule has 0 fully saturated rings. The van der Waals surface area contributed by atoms with E-state index in [0.717, 1.165) is 4.90 Å². The van der Waals surface area contributed by atoms with Gasteiger partial charge in [0, 0.05) is 5.02 Å². The normalized spacial score (nSPS) is 9.62. The molecule has 1 aromatic carbocycles. The number of amides is 3. The molecule has 0 bridgehead atoms. The second kappa shape index (κ2) is 5.37. The number of anilines is 1. The minimum atomic E-state index is -0.916. The number of ether oxygens (including phenoxy) is 1. The first-order valence-corrected chi connectivity index (χ1v) is 4.96. The van der Waals surface area contributed by atoms with Gasteiger partial charge in [0.1, 0.15) is 0 Å². The number of rotatable bonds is 2. The number of nitrogens with zero attached hydrogens (tertiary/aromatic N) is 1. The van der Waals surface area contributed by atoms with E-state index in [9.17, 15) is 9.59 Å². The van der Waals surface area contributed by atoms with Crippen molar-refractivity contribution in [2.75, 3.05) is 11.5 Å². The van der Waals surface area contributed by atoms with Crippen molar-refractivity contribution in [3.8, 4) is 0 Å². The summed E-state index contributed by atoms with van der Waals surface area (Å²) in [4.78, 5) is 23.3. The van der Waals surface area contributed by atoms with Crippen LogP contribution in [-0.4, -0.2) is 18.7 Å². The highest BCUT2D eigenvalue weighted by Gasteiger charge is 2.22. The van der Waals surface area contributed by atoms with E-state index in [1.54, 1.807) is 19.1 Å². The minimum Gasteiger partial charge on any atom is -0.449 e. The number of nitrogens with two attached hydrogens (primary N) is 1. The molecule has 0 atom stereocenters. The number of imide groups is 1. The van der Waals surface area contributed by atoms with Crippen molar-refractivity contribution in [1.82, 2.24) is 0 Å². The lowest BCUT2D eigenvalue weighted by Crippen LogP contribution is -2.41. The van der Waals surface area contributed by atoms with Gasteiger partial charge in [-0.3, -0.25) is 0 Å². The fourth-order valence-electron chi connectivity index (χ4n) is 1.13. The highest BCUT2D eigenvalue weighted by molar-refractivity contribution is 6.31. The van der Waals surface area contributed by atoms with Crippen LogP contribution in [0.4, 0.5) is 15.3 Å². The Morgan fingerprint density at radius 1 is 1.50 bits per heavy atom. The van der Waals surface area contributed by atoms with Gasteiger partial charge in [0.25, 0.3) is 0 Å². The van der Waals surface area contributed by atoms with E-state index in [0.29, 0.717) is 5.02 Å². The van der Waals surface area contributed by atoms with Crippen molar-refractivity contribution in [2.45, 2.75) is 6.92 Å². The van der Waals surface area contributed by atoms with Crippen molar-refractivity contribution < 1.29 is 14.3 Å². The topological polar surface area (TPSA) is 72.6 Å². The SMILES string of the molecule is CCOC(=O)N(C(N)=O)c1cccc(Cl)c1. The van der Waals surface area contributed by atoms with Gasteiger partial charge in [0.05, 0.1) is 12.3 Å². The molecule has 2 N–H and O–H groups in total. The van der Waals surface area contributed by atoms with Crippen LogP contribution in [0.3, 0.4) is 0 Å². The highest BCUT2D eigenvalue weighted by Crippen LogP contribution is 2.20. The van der Waals surface area contributed by atoms with Crippen LogP contribution < -0.4 is 10.6 Å². The Morgan fingerprint density at radius 2 is 2.19 bits per heavy atom. The fourth-order valence-corrected chi connectivity index (χ4v) is 1.31. The van der Waals surface area contributed by atoms with E-state index in [-0.39, 0.29) is 12.3 Å². The lowest BCUT2D eigenvalue weighted by atomic mass is 10.3. The van der Waals surface area contributed by atoms with E-state index >= 15 is 0 Å². The molecule has 0 aliphatic carbocycles. The van der Waals surface area contributed by atoms with E-state index in [4.69, 9.17) is 22.1 Å². The van der Waals surface area contributed by atoms with Gasteiger partial charge in [-0.15, -0.1) is 0 Å². The summed E-state index contributed by atoms with van der Waals surface area (Å²) in [5.41, 5.74) is 5.37. The van der Waals surface area contributed by atoms with Crippen LogP contribution in [0.2, 0.25) is 5.02 Å². The zero-order valence-electron chi connectivity index (χ0n) is 8.64. The molecule has 86 valence electrons. The summed E-state index contributed by atoms with van der Waals surface area (Å²) in [6, 6.07) is 5.29. The Kier molecular flexibility index (Phi) is 4.13. The van der Waals surface area contributed by atoms with Crippen molar-refractivity contribution in [1.29, 1.82) is 0 Å². The first-order valence-electron chi connectivity index (χ1n) is 4.58. The number of halogens is 1. The number of hydrogen-bond donors (Lipinski definition) is 1. The Hall–Kier alpha value is -1.75. The van der Waals surface area contributed by atoms with Crippen molar-refractivity contribution >= 4 is 29.4 Å². The van der Waals surface area contributed by atoms with Gasteiger partial charge in [0.2, 0.25) is 0 Å². The maximum Gasteiger partial charge on any atom is 0.422 e. The zero-order chi connectivity index (χ0) is 12.1. The summed E-state index contributed by atoms with van der Waals surface area (Å²) in [6.07, 6.45) is -0.822. The third-order valence-electron chi connectivity index (χ3n) is 1.74. The van der Waals surface area contributed by atoms with E-state index in [1.807, 2.05) is 0 Å². The quantitative estimate of drug-likeness (QED) is 0.865. The van der Waals surface area contributed by atoms with E-state index in [1.165, 1.54) is 12.1 Å². The van der Waals surface area contributed by atoms with Gasteiger partial charge in [0.15, 0.2) is 0 Å². The molecule has 1 rings (SSSR count). The van der Waals surface area contributed by atoms with E-state index in [2.05, 4.69) is 0 Å². The van der Waals surface area contributed by atoms with Crippen molar-refractivity contribution in [3.05, 3.63) is 29.3 Å². The smallest absolute Gasteiger partial charge is 0.422 e. The molecular weight excluding hydrogens is 232 g/mol. The van der Waals surface area contributed by atoms with Gasteiger partial charge in [-0.2, -0.15) is 4.90 Å². The van der Waals surface area contributed by atoms with Crippen molar-refractivity contribution in [3.63, 3.8) is 0 Å². The monoisotopic (exact) mass is 242 g/mol. The summed E-state index contributed by atoms with van der Waals surface area (Å²) in [5.74, 6) is 0. The van der Waals surface area contributed by atoms with Gasteiger partial charge in [-0.25, -0.2) is 9.59 Å². The average molecular weight is 243 g/mol. The molecule has 0 aromatic heterocycles. The first kappa shape index (κ1) is 12.3. The largest absolute Gasteiger partial charge is 0.449 e. The number of urea groups is 1. The molecule has 0 saturated carbocycles. The van der Waals surface area contributed by atoms with Gasteiger partial charge < -0.3 is 10.5 Å². The molecule has 3 amide bonds. The molecule has 0 spiro atoms. The summed E-state index contributed by atoms with van der Waals surface area (Å²) in [6.45, 7) is 1.79. The minimum absolute atomic E-state index is 0.156. The number of benzene rings is 1. The second-order valence-electron chi connectivity index (χ2n) is 2.85. The maximum atomic E-state index is 11.5. The van der Waals surface area contributed by atoms with Crippen LogP contribution in [0.25, 0.3) is 0 Å². The molecule has 0 aliphatic rings. The molecule has 1 aromatic rings.